The van der Waals surface area contributed by atoms with Crippen LogP contribution in [0.3, 0.4) is 0 Å². The van der Waals surface area contributed by atoms with Crippen LogP contribution in [0, 0.1) is 17.7 Å². The number of aromatic nitrogens is 3. The first kappa shape index (κ1) is 15.7. The molecule has 2 aliphatic carbocycles. The average Bonchev–Trinajstić information content (AvgIpc) is 3.21. The first-order valence-electron chi connectivity index (χ1n) is 9.23. The van der Waals surface area contributed by atoms with Crippen molar-refractivity contribution in [3.05, 3.63) is 65.7 Å². The molecule has 1 heterocycles. The Kier molecular flexibility index (Phi) is 3.64. The van der Waals surface area contributed by atoms with Gasteiger partial charge in [0, 0.05) is 11.6 Å². The Hall–Kier alpha value is -2.53. The van der Waals surface area contributed by atoms with Gasteiger partial charge in [-0.15, -0.1) is 5.10 Å². The van der Waals surface area contributed by atoms with Crippen LogP contribution in [0.15, 0.2) is 48.8 Å². The third kappa shape index (κ3) is 2.63. The van der Waals surface area contributed by atoms with E-state index in [4.69, 9.17) is 5.73 Å². The Morgan fingerprint density at radius 3 is 2.46 bits per heavy atom. The van der Waals surface area contributed by atoms with Crippen molar-refractivity contribution < 1.29 is 4.39 Å². The maximum Gasteiger partial charge on any atom is 0.181 e. The average molecular weight is 348 g/mol. The normalized spacial score (nSPS) is 24.3. The Labute approximate surface area is 151 Å². The molecule has 0 aliphatic heterocycles. The molecule has 4 nitrogen and oxygen atoms in total. The van der Waals surface area contributed by atoms with Gasteiger partial charge >= 0.3 is 0 Å². The van der Waals surface area contributed by atoms with Crippen molar-refractivity contribution in [2.75, 3.05) is 0 Å². The van der Waals surface area contributed by atoms with E-state index in [0.717, 1.165) is 24.1 Å². The van der Waals surface area contributed by atoms with Gasteiger partial charge in [0.1, 0.15) is 12.1 Å². The number of rotatable bonds is 2. The molecule has 1 fully saturated rings. The molecule has 2 N–H and O–H groups in total. The molecular formula is C21H21FN4. The number of fused-ring (bicyclic) bond motifs is 3. The van der Waals surface area contributed by atoms with Crippen LogP contribution in [0.25, 0.3) is 17.1 Å². The van der Waals surface area contributed by atoms with E-state index in [0.29, 0.717) is 23.7 Å². The molecule has 0 saturated heterocycles. The maximum atomic E-state index is 13.1. The van der Waals surface area contributed by atoms with Crippen molar-refractivity contribution in [3.63, 3.8) is 0 Å². The maximum absolute atomic E-state index is 13.1. The highest BCUT2D eigenvalue weighted by atomic mass is 19.1. The van der Waals surface area contributed by atoms with Crippen molar-refractivity contribution in [1.82, 2.24) is 14.8 Å². The summed E-state index contributed by atoms with van der Waals surface area (Å²) < 4.78 is 14.8. The second-order valence-corrected chi connectivity index (χ2v) is 7.56. The van der Waals surface area contributed by atoms with Crippen molar-refractivity contribution in [2.45, 2.75) is 31.7 Å². The molecule has 132 valence electrons. The molecular weight excluding hydrogens is 327 g/mol. The van der Waals surface area contributed by atoms with Crippen LogP contribution < -0.4 is 5.73 Å². The molecule has 5 rings (SSSR count). The molecule has 0 spiro atoms. The van der Waals surface area contributed by atoms with Crippen LogP contribution in [0.4, 0.5) is 4.39 Å². The molecule has 26 heavy (non-hydrogen) atoms. The largest absolute Gasteiger partial charge is 0.327 e. The topological polar surface area (TPSA) is 56.7 Å². The van der Waals surface area contributed by atoms with Gasteiger partial charge < -0.3 is 5.73 Å². The van der Waals surface area contributed by atoms with Crippen molar-refractivity contribution in [3.8, 4) is 17.1 Å². The van der Waals surface area contributed by atoms with E-state index < -0.39 is 0 Å². The van der Waals surface area contributed by atoms with Gasteiger partial charge in [-0.2, -0.15) is 0 Å². The molecule has 2 aromatic carbocycles. The summed E-state index contributed by atoms with van der Waals surface area (Å²) >= 11 is 0. The fraction of sp³-hybridized carbons (Fsp3) is 0.333. The van der Waals surface area contributed by atoms with Crippen molar-refractivity contribution >= 4 is 0 Å². The lowest BCUT2D eigenvalue weighted by Crippen LogP contribution is -2.31. The van der Waals surface area contributed by atoms with Crippen LogP contribution >= 0.6 is 0 Å². The molecule has 3 aromatic rings. The van der Waals surface area contributed by atoms with Crippen LogP contribution in [0.1, 0.15) is 24.0 Å². The number of benzene rings is 2. The number of hydrogen-bond acceptors (Lipinski definition) is 3. The highest BCUT2D eigenvalue weighted by Crippen LogP contribution is 2.39. The summed E-state index contributed by atoms with van der Waals surface area (Å²) in [7, 11) is 0. The van der Waals surface area contributed by atoms with Crippen molar-refractivity contribution in [1.29, 1.82) is 0 Å². The number of hydrogen-bond donors (Lipinski definition) is 1. The SMILES string of the molecule is N[C@H]1[C@@H]2CC[C@H]1Cc1ccc(-c3ncn(-c4ccc(F)cc4)n3)cc1C2. The standard InChI is InChI=1S/C21H21FN4/c22-18-5-7-19(8-6-18)26-12-24-21(25-26)16-4-1-13-9-14-2-3-15(20(14)23)10-17(13)11-16/h1,4-8,11-12,14-15,20H,2-3,9-10,23H2/t14-,15+,20+/m0/s1. The second kappa shape index (κ2) is 6.02. The number of halogens is 1. The van der Waals surface area contributed by atoms with E-state index in [9.17, 15) is 4.39 Å². The fourth-order valence-electron chi connectivity index (χ4n) is 4.51. The zero-order chi connectivity index (χ0) is 17.7. The molecule has 0 unspecified atom stereocenters. The van der Waals surface area contributed by atoms with Crippen LogP contribution in [-0.2, 0) is 12.8 Å². The first-order valence-corrected chi connectivity index (χ1v) is 9.23. The summed E-state index contributed by atoms with van der Waals surface area (Å²) in [5, 5.41) is 4.57. The molecule has 3 atom stereocenters. The summed E-state index contributed by atoms with van der Waals surface area (Å²) in [6.45, 7) is 0. The van der Waals surface area contributed by atoms with E-state index in [-0.39, 0.29) is 5.82 Å². The lowest BCUT2D eigenvalue weighted by Gasteiger charge is -2.15. The van der Waals surface area contributed by atoms with Gasteiger partial charge in [0.05, 0.1) is 5.69 Å². The van der Waals surface area contributed by atoms with Crippen LogP contribution in [0.2, 0.25) is 0 Å². The first-order chi connectivity index (χ1) is 12.7. The van der Waals surface area contributed by atoms with E-state index in [2.05, 4.69) is 28.3 Å². The zero-order valence-electron chi connectivity index (χ0n) is 14.5. The summed E-state index contributed by atoms with van der Waals surface area (Å²) in [5.41, 5.74) is 11.1. The third-order valence-electron chi connectivity index (χ3n) is 6.01. The van der Waals surface area contributed by atoms with Gasteiger partial charge in [-0.1, -0.05) is 12.1 Å². The van der Waals surface area contributed by atoms with Crippen LogP contribution in [0.5, 0.6) is 0 Å². The van der Waals surface area contributed by atoms with Gasteiger partial charge in [0.2, 0.25) is 0 Å². The predicted molar refractivity (Wildman–Crippen MR) is 98.4 cm³/mol. The van der Waals surface area contributed by atoms with Gasteiger partial charge in [0.15, 0.2) is 5.82 Å². The highest BCUT2D eigenvalue weighted by molar-refractivity contribution is 5.57. The smallest absolute Gasteiger partial charge is 0.181 e. The zero-order valence-corrected chi connectivity index (χ0v) is 14.5. The minimum atomic E-state index is -0.257. The molecule has 1 aromatic heterocycles. The van der Waals surface area contributed by atoms with Crippen molar-refractivity contribution in [2.24, 2.45) is 17.6 Å². The van der Waals surface area contributed by atoms with E-state index in [1.165, 1.54) is 36.1 Å². The molecule has 1 saturated carbocycles. The predicted octanol–water partition coefficient (Wildman–Crippen LogP) is 3.53. The summed E-state index contributed by atoms with van der Waals surface area (Å²) in [6.07, 6.45) is 6.32. The van der Waals surface area contributed by atoms with Gasteiger partial charge in [-0.3, -0.25) is 0 Å². The molecule has 2 aliphatic rings. The monoisotopic (exact) mass is 348 g/mol. The second-order valence-electron chi connectivity index (χ2n) is 7.56. The number of nitrogens with zero attached hydrogens (tertiary/aromatic N) is 3. The molecule has 0 radical (unpaired) electrons. The number of nitrogens with two attached hydrogens (primary N) is 1. The molecule has 2 bridgehead atoms. The minimum Gasteiger partial charge on any atom is -0.327 e. The van der Waals surface area contributed by atoms with Crippen LogP contribution in [-0.4, -0.2) is 20.8 Å². The summed E-state index contributed by atoms with van der Waals surface area (Å²) in [5.74, 6) is 1.66. The van der Waals surface area contributed by atoms with Gasteiger partial charge in [-0.25, -0.2) is 14.1 Å². The Morgan fingerprint density at radius 1 is 0.962 bits per heavy atom. The third-order valence-corrected chi connectivity index (χ3v) is 6.01. The Bertz CT molecular complexity index is 947. The fourth-order valence-corrected chi connectivity index (χ4v) is 4.51. The van der Waals surface area contributed by atoms with E-state index in [1.807, 2.05) is 0 Å². The van der Waals surface area contributed by atoms with Gasteiger partial charge in [0.25, 0.3) is 0 Å². The Morgan fingerprint density at radius 2 is 1.69 bits per heavy atom. The molecule has 5 heteroatoms. The summed E-state index contributed by atoms with van der Waals surface area (Å²) in [6, 6.07) is 13.1. The molecule has 0 amide bonds. The van der Waals surface area contributed by atoms with E-state index in [1.54, 1.807) is 23.1 Å². The quantitative estimate of drug-likeness (QED) is 0.771. The van der Waals surface area contributed by atoms with Gasteiger partial charge in [-0.05, 0) is 79.0 Å². The highest BCUT2D eigenvalue weighted by Gasteiger charge is 2.36. The minimum absolute atomic E-state index is 0.257. The van der Waals surface area contributed by atoms with E-state index >= 15 is 0 Å². The Balaban J connectivity index is 1.47. The summed E-state index contributed by atoms with van der Waals surface area (Å²) in [4.78, 5) is 4.45. The lowest BCUT2D eigenvalue weighted by molar-refractivity contribution is 0.421. The lowest BCUT2D eigenvalue weighted by atomic mass is 9.92.